The Morgan fingerprint density at radius 2 is 1.94 bits per heavy atom. The van der Waals surface area contributed by atoms with Gasteiger partial charge in [-0.05, 0) is 118 Å². The van der Waals surface area contributed by atoms with E-state index in [1.807, 2.05) is 21.0 Å². The van der Waals surface area contributed by atoms with Gasteiger partial charge in [0.25, 0.3) is 0 Å². The van der Waals surface area contributed by atoms with Gasteiger partial charge in [-0.15, -0.1) is 0 Å². The van der Waals surface area contributed by atoms with Crippen molar-refractivity contribution in [2.24, 2.45) is 40.4 Å². The van der Waals surface area contributed by atoms with Crippen LogP contribution in [-0.4, -0.2) is 34.6 Å². The number of methoxy groups -OCH3 is 1. The monoisotopic (exact) mass is 446 g/mol. The zero-order chi connectivity index (χ0) is 23.5. The quantitative estimate of drug-likeness (QED) is 0.457. The molecule has 32 heavy (non-hydrogen) atoms. The van der Waals surface area contributed by atoms with Crippen molar-refractivity contribution in [3.05, 3.63) is 11.6 Å². The Labute approximate surface area is 197 Å². The van der Waals surface area contributed by atoms with E-state index in [-0.39, 0.29) is 5.41 Å². The third-order valence-electron chi connectivity index (χ3n) is 11.1. The van der Waals surface area contributed by atoms with Crippen LogP contribution in [0.3, 0.4) is 0 Å². The van der Waals surface area contributed by atoms with Crippen LogP contribution >= 0.6 is 0 Å². The topological polar surface area (TPSA) is 49.7 Å². The molecule has 2 N–H and O–H groups in total. The van der Waals surface area contributed by atoms with Crippen LogP contribution in [0.2, 0.25) is 0 Å². The van der Waals surface area contributed by atoms with E-state index in [0.717, 1.165) is 50.4 Å². The molecule has 0 saturated heterocycles. The lowest BCUT2D eigenvalue weighted by Gasteiger charge is -2.61. The van der Waals surface area contributed by atoms with Crippen molar-refractivity contribution in [3.8, 4) is 0 Å². The summed E-state index contributed by atoms with van der Waals surface area (Å²) in [6, 6.07) is 0. The highest BCUT2D eigenvalue weighted by atomic mass is 16.5. The second-order valence-electron chi connectivity index (χ2n) is 13.4. The van der Waals surface area contributed by atoms with E-state index in [1.54, 1.807) is 0 Å². The molecule has 3 saturated carbocycles. The maximum atomic E-state index is 11.1. The van der Waals surface area contributed by atoms with Crippen LogP contribution in [0.5, 0.6) is 0 Å². The molecule has 9 atom stereocenters. The molecule has 4 aliphatic rings. The van der Waals surface area contributed by atoms with Crippen LogP contribution in [0.4, 0.5) is 0 Å². The molecule has 0 aromatic rings. The van der Waals surface area contributed by atoms with Crippen LogP contribution < -0.4 is 0 Å². The fraction of sp³-hybridized carbons (Fsp3) is 0.931. The average molecular weight is 447 g/mol. The van der Waals surface area contributed by atoms with Gasteiger partial charge in [-0.25, -0.2) is 0 Å². The third-order valence-corrected chi connectivity index (χ3v) is 11.1. The number of fused-ring (bicyclic) bond motifs is 5. The Morgan fingerprint density at radius 3 is 2.56 bits per heavy atom. The lowest BCUT2D eigenvalue weighted by atomic mass is 9.45. The maximum absolute atomic E-state index is 11.1. The molecule has 0 amide bonds. The number of hydrogen-bond donors (Lipinski definition) is 2. The summed E-state index contributed by atoms with van der Waals surface area (Å²) in [5, 5.41) is 21.3. The fourth-order valence-corrected chi connectivity index (χ4v) is 9.09. The molecule has 4 rings (SSSR count). The van der Waals surface area contributed by atoms with E-state index in [4.69, 9.17) is 4.74 Å². The molecule has 0 radical (unpaired) electrons. The molecule has 0 aromatic carbocycles. The summed E-state index contributed by atoms with van der Waals surface area (Å²) in [7, 11) is 1.94. The SMILES string of the molecule is CC[C@]1(O)CC[C@@]2(C)C(=CC[C@@H]3[C@@H]2[C@@H](OC)C[C@]2(C)[C@@H]([C@H](C)CCC(C)(C)O)CC[C@@H]32)C1. The van der Waals surface area contributed by atoms with Crippen LogP contribution in [0.15, 0.2) is 11.6 Å². The van der Waals surface area contributed by atoms with Crippen molar-refractivity contribution in [1.82, 2.24) is 0 Å². The fourth-order valence-electron chi connectivity index (χ4n) is 9.09. The molecule has 3 nitrogen and oxygen atoms in total. The molecule has 0 aliphatic heterocycles. The molecule has 4 aliphatic carbocycles. The highest BCUT2D eigenvalue weighted by Gasteiger charge is 2.63. The van der Waals surface area contributed by atoms with Crippen molar-refractivity contribution in [3.63, 3.8) is 0 Å². The van der Waals surface area contributed by atoms with Gasteiger partial charge in [-0.1, -0.05) is 39.3 Å². The standard InChI is InChI=1S/C29H50O3/c1-8-29(31)16-15-27(5)20(17-29)9-10-21-23-12-11-22(19(2)13-14-26(3,4)30)28(23,6)18-24(32-7)25(21)27/h9,19,21-25,30-31H,8,10-18H2,1-7H3/t19-,21+,22-,23+,24+,25-,27+,28-,29+/m1/s1. The van der Waals surface area contributed by atoms with Gasteiger partial charge >= 0.3 is 0 Å². The van der Waals surface area contributed by atoms with Gasteiger partial charge in [0.1, 0.15) is 0 Å². The Hall–Kier alpha value is -0.380. The van der Waals surface area contributed by atoms with Crippen LogP contribution in [-0.2, 0) is 4.74 Å². The summed E-state index contributed by atoms with van der Waals surface area (Å²) in [6.07, 6.45) is 13.6. The number of aliphatic hydroxyl groups is 2. The number of hydrogen-bond acceptors (Lipinski definition) is 3. The minimum atomic E-state index is -0.569. The van der Waals surface area contributed by atoms with Crippen LogP contribution in [0.1, 0.15) is 106 Å². The number of ether oxygens (including phenoxy) is 1. The van der Waals surface area contributed by atoms with Crippen molar-refractivity contribution in [1.29, 1.82) is 0 Å². The number of allylic oxidation sites excluding steroid dienone is 1. The summed E-state index contributed by atoms with van der Waals surface area (Å²) in [4.78, 5) is 0. The van der Waals surface area contributed by atoms with E-state index in [9.17, 15) is 10.2 Å². The van der Waals surface area contributed by atoms with E-state index in [0.29, 0.717) is 29.3 Å². The summed E-state index contributed by atoms with van der Waals surface area (Å²) >= 11 is 0. The van der Waals surface area contributed by atoms with Gasteiger partial charge in [0.05, 0.1) is 17.3 Å². The molecular formula is C29H50O3. The lowest BCUT2D eigenvalue weighted by molar-refractivity contribution is -0.147. The Bertz CT molecular complexity index is 722. The molecule has 0 aromatic heterocycles. The molecule has 0 spiro atoms. The van der Waals surface area contributed by atoms with Crippen molar-refractivity contribution in [2.45, 2.75) is 123 Å². The predicted octanol–water partition coefficient (Wildman–Crippen LogP) is 6.52. The number of rotatable bonds is 6. The molecule has 0 heterocycles. The van der Waals surface area contributed by atoms with E-state index in [1.165, 1.54) is 31.3 Å². The predicted molar refractivity (Wildman–Crippen MR) is 131 cm³/mol. The van der Waals surface area contributed by atoms with Gasteiger partial charge in [-0.2, -0.15) is 0 Å². The lowest BCUT2D eigenvalue weighted by Crippen LogP contribution is -2.58. The highest BCUT2D eigenvalue weighted by molar-refractivity contribution is 5.28. The van der Waals surface area contributed by atoms with Gasteiger partial charge in [0.15, 0.2) is 0 Å². The van der Waals surface area contributed by atoms with E-state index in [2.05, 4.69) is 33.8 Å². The Kier molecular flexibility index (Phi) is 6.48. The minimum Gasteiger partial charge on any atom is -0.390 e. The zero-order valence-corrected chi connectivity index (χ0v) is 21.9. The van der Waals surface area contributed by atoms with Crippen molar-refractivity contribution in [2.75, 3.05) is 7.11 Å². The first-order chi connectivity index (χ1) is 14.9. The molecule has 3 fully saturated rings. The van der Waals surface area contributed by atoms with Crippen LogP contribution in [0, 0.1) is 40.4 Å². The van der Waals surface area contributed by atoms with Crippen molar-refractivity contribution < 1.29 is 14.9 Å². The highest BCUT2D eigenvalue weighted by Crippen LogP contribution is 2.68. The van der Waals surface area contributed by atoms with E-state index < -0.39 is 11.2 Å². The summed E-state index contributed by atoms with van der Waals surface area (Å²) in [5.41, 5.74) is 0.963. The maximum Gasteiger partial charge on any atom is 0.0682 e. The van der Waals surface area contributed by atoms with Gasteiger partial charge in [-0.3, -0.25) is 0 Å². The Morgan fingerprint density at radius 1 is 1.22 bits per heavy atom. The average Bonchev–Trinajstić information content (AvgIpc) is 3.08. The normalized spacial score (nSPS) is 47.3. The van der Waals surface area contributed by atoms with Gasteiger partial charge in [0.2, 0.25) is 0 Å². The molecule has 0 bridgehead atoms. The molecule has 3 heteroatoms. The molecular weight excluding hydrogens is 396 g/mol. The second-order valence-corrected chi connectivity index (χ2v) is 13.4. The summed E-state index contributed by atoms with van der Waals surface area (Å²) in [5.74, 6) is 3.42. The van der Waals surface area contributed by atoms with E-state index >= 15 is 0 Å². The second kappa shape index (κ2) is 8.38. The minimum absolute atomic E-state index is 0.178. The first kappa shape index (κ1) is 24.7. The smallest absolute Gasteiger partial charge is 0.0682 e. The first-order valence-corrected chi connectivity index (χ1v) is 13.5. The first-order valence-electron chi connectivity index (χ1n) is 13.5. The van der Waals surface area contributed by atoms with Crippen molar-refractivity contribution >= 4 is 0 Å². The molecule has 0 unspecified atom stereocenters. The summed E-state index contributed by atoms with van der Waals surface area (Å²) < 4.78 is 6.34. The summed E-state index contributed by atoms with van der Waals surface area (Å²) in [6.45, 7) is 13.5. The van der Waals surface area contributed by atoms with Gasteiger partial charge < -0.3 is 14.9 Å². The zero-order valence-electron chi connectivity index (χ0n) is 21.9. The molecule has 184 valence electrons. The Balaban J connectivity index is 1.61. The largest absolute Gasteiger partial charge is 0.390 e. The van der Waals surface area contributed by atoms with Gasteiger partial charge in [0, 0.05) is 7.11 Å². The van der Waals surface area contributed by atoms with Crippen LogP contribution in [0.25, 0.3) is 0 Å². The third kappa shape index (κ3) is 4.03.